The lowest BCUT2D eigenvalue weighted by Gasteiger charge is -2.24. The summed E-state index contributed by atoms with van der Waals surface area (Å²) in [5.41, 5.74) is 0. The predicted octanol–water partition coefficient (Wildman–Crippen LogP) is 2.30. The lowest BCUT2D eigenvalue weighted by Crippen LogP contribution is -2.48. The third-order valence-electron chi connectivity index (χ3n) is 3.03. The van der Waals surface area contributed by atoms with Crippen molar-refractivity contribution in [2.24, 2.45) is 0 Å². The Morgan fingerprint density at radius 2 is 1.79 bits per heavy atom. The summed E-state index contributed by atoms with van der Waals surface area (Å²) < 4.78 is 0. The molecule has 1 aliphatic heterocycles. The van der Waals surface area contributed by atoms with Gasteiger partial charge in [-0.05, 0) is 6.42 Å². The minimum atomic E-state index is 0.745. The van der Waals surface area contributed by atoms with E-state index in [4.69, 9.17) is 0 Å². The summed E-state index contributed by atoms with van der Waals surface area (Å²) in [4.78, 5) is 0. The standard InChI is InChI=1S/C12H26N2/c1-2-3-4-5-6-7-8-12-11-13-9-10-14-12/h12-14H,2-11H2,1H3. The minimum Gasteiger partial charge on any atom is -0.314 e. The number of hydrogen-bond donors (Lipinski definition) is 2. The molecule has 0 saturated carbocycles. The van der Waals surface area contributed by atoms with E-state index >= 15 is 0 Å². The van der Waals surface area contributed by atoms with Crippen LogP contribution in [-0.2, 0) is 0 Å². The first-order chi connectivity index (χ1) is 6.93. The lowest BCUT2D eigenvalue weighted by molar-refractivity contribution is 0.386. The van der Waals surface area contributed by atoms with Crippen molar-refractivity contribution in [2.45, 2.75) is 57.9 Å². The van der Waals surface area contributed by atoms with Gasteiger partial charge in [-0.3, -0.25) is 0 Å². The molecule has 0 aromatic rings. The van der Waals surface area contributed by atoms with Gasteiger partial charge in [0.1, 0.15) is 0 Å². The largest absolute Gasteiger partial charge is 0.314 e. The Bertz CT molecular complexity index is 119. The molecule has 2 heteroatoms. The van der Waals surface area contributed by atoms with Crippen LogP contribution in [0, 0.1) is 0 Å². The van der Waals surface area contributed by atoms with Crippen LogP contribution in [0.2, 0.25) is 0 Å². The zero-order valence-corrected chi connectivity index (χ0v) is 9.65. The average molecular weight is 198 g/mol. The monoisotopic (exact) mass is 198 g/mol. The maximum atomic E-state index is 3.56. The van der Waals surface area contributed by atoms with Crippen LogP contribution in [0.15, 0.2) is 0 Å². The molecule has 1 fully saturated rings. The molecule has 2 N–H and O–H groups in total. The van der Waals surface area contributed by atoms with Crippen molar-refractivity contribution >= 4 is 0 Å². The molecule has 1 saturated heterocycles. The summed E-state index contributed by atoms with van der Waals surface area (Å²) in [7, 11) is 0. The van der Waals surface area contributed by atoms with E-state index in [9.17, 15) is 0 Å². The van der Waals surface area contributed by atoms with Crippen LogP contribution in [0.5, 0.6) is 0 Å². The summed E-state index contributed by atoms with van der Waals surface area (Å²) >= 11 is 0. The molecule has 84 valence electrons. The second-order valence-electron chi connectivity index (χ2n) is 4.41. The molecule has 1 unspecified atom stereocenters. The second kappa shape index (κ2) is 8.25. The Morgan fingerprint density at radius 3 is 2.50 bits per heavy atom. The number of nitrogens with one attached hydrogen (secondary N) is 2. The van der Waals surface area contributed by atoms with Crippen LogP contribution in [0.25, 0.3) is 0 Å². The highest BCUT2D eigenvalue weighted by Crippen LogP contribution is 2.08. The molecular formula is C12H26N2. The van der Waals surface area contributed by atoms with E-state index in [1.807, 2.05) is 0 Å². The Labute approximate surface area is 88.8 Å². The quantitative estimate of drug-likeness (QED) is 0.613. The molecule has 14 heavy (non-hydrogen) atoms. The van der Waals surface area contributed by atoms with Gasteiger partial charge in [0.15, 0.2) is 0 Å². The van der Waals surface area contributed by atoms with Crippen LogP contribution in [0.4, 0.5) is 0 Å². The van der Waals surface area contributed by atoms with Crippen LogP contribution in [-0.4, -0.2) is 25.7 Å². The van der Waals surface area contributed by atoms with Gasteiger partial charge in [-0.2, -0.15) is 0 Å². The Morgan fingerprint density at radius 1 is 1.00 bits per heavy atom. The van der Waals surface area contributed by atoms with E-state index < -0.39 is 0 Å². The first-order valence-corrected chi connectivity index (χ1v) is 6.37. The van der Waals surface area contributed by atoms with Crippen LogP contribution >= 0.6 is 0 Å². The van der Waals surface area contributed by atoms with Gasteiger partial charge >= 0.3 is 0 Å². The fourth-order valence-electron chi connectivity index (χ4n) is 2.09. The van der Waals surface area contributed by atoms with Gasteiger partial charge in [0.05, 0.1) is 0 Å². The summed E-state index contributed by atoms with van der Waals surface area (Å²) in [5.74, 6) is 0. The molecule has 0 aromatic heterocycles. The zero-order valence-electron chi connectivity index (χ0n) is 9.65. The lowest BCUT2D eigenvalue weighted by atomic mass is 10.0. The van der Waals surface area contributed by atoms with Crippen molar-refractivity contribution in [3.05, 3.63) is 0 Å². The Hall–Kier alpha value is -0.0800. The van der Waals surface area contributed by atoms with Crippen molar-refractivity contribution in [3.63, 3.8) is 0 Å². The van der Waals surface area contributed by atoms with E-state index in [-0.39, 0.29) is 0 Å². The molecular weight excluding hydrogens is 172 g/mol. The highest BCUT2D eigenvalue weighted by molar-refractivity contribution is 4.74. The third-order valence-corrected chi connectivity index (χ3v) is 3.03. The molecule has 0 spiro atoms. The molecule has 0 aromatic carbocycles. The van der Waals surface area contributed by atoms with Crippen molar-refractivity contribution in [2.75, 3.05) is 19.6 Å². The normalized spacial score (nSPS) is 22.5. The SMILES string of the molecule is CCCCCCCCC1CNCCN1. The highest BCUT2D eigenvalue weighted by atomic mass is 15.0. The molecule has 2 nitrogen and oxygen atoms in total. The molecule has 1 rings (SSSR count). The second-order valence-corrected chi connectivity index (χ2v) is 4.41. The summed E-state index contributed by atoms with van der Waals surface area (Å²) in [6.45, 7) is 5.75. The van der Waals surface area contributed by atoms with Gasteiger partial charge in [-0.25, -0.2) is 0 Å². The van der Waals surface area contributed by atoms with Gasteiger partial charge in [0.2, 0.25) is 0 Å². The van der Waals surface area contributed by atoms with Crippen LogP contribution in [0.3, 0.4) is 0 Å². The van der Waals surface area contributed by atoms with Crippen molar-refractivity contribution in [3.8, 4) is 0 Å². The Kier molecular flexibility index (Phi) is 7.06. The first kappa shape index (κ1) is 12.0. The molecule has 0 amide bonds. The van der Waals surface area contributed by atoms with Gasteiger partial charge in [0, 0.05) is 25.7 Å². The molecule has 0 bridgehead atoms. The molecule has 1 atom stereocenters. The van der Waals surface area contributed by atoms with Gasteiger partial charge in [0.25, 0.3) is 0 Å². The molecule has 0 radical (unpaired) electrons. The smallest absolute Gasteiger partial charge is 0.0193 e. The highest BCUT2D eigenvalue weighted by Gasteiger charge is 2.10. The van der Waals surface area contributed by atoms with Gasteiger partial charge in [-0.1, -0.05) is 45.4 Å². The fraction of sp³-hybridized carbons (Fsp3) is 1.00. The van der Waals surface area contributed by atoms with E-state index in [1.54, 1.807) is 0 Å². The predicted molar refractivity (Wildman–Crippen MR) is 62.7 cm³/mol. The van der Waals surface area contributed by atoms with E-state index in [2.05, 4.69) is 17.6 Å². The number of piperazine rings is 1. The summed E-state index contributed by atoms with van der Waals surface area (Å²) in [6, 6.07) is 0.745. The van der Waals surface area contributed by atoms with Gasteiger partial charge in [-0.15, -0.1) is 0 Å². The number of rotatable bonds is 7. The van der Waals surface area contributed by atoms with E-state index in [0.717, 1.165) is 19.1 Å². The van der Waals surface area contributed by atoms with Crippen molar-refractivity contribution in [1.82, 2.24) is 10.6 Å². The maximum Gasteiger partial charge on any atom is 0.0193 e. The van der Waals surface area contributed by atoms with E-state index in [0.29, 0.717) is 0 Å². The van der Waals surface area contributed by atoms with E-state index in [1.165, 1.54) is 51.5 Å². The third kappa shape index (κ3) is 5.61. The Balaban J connectivity index is 1.82. The van der Waals surface area contributed by atoms with Crippen molar-refractivity contribution < 1.29 is 0 Å². The average Bonchev–Trinajstić information content (AvgIpc) is 2.25. The minimum absolute atomic E-state index is 0.745. The fourth-order valence-corrected chi connectivity index (χ4v) is 2.09. The first-order valence-electron chi connectivity index (χ1n) is 6.37. The molecule has 1 heterocycles. The molecule has 1 aliphatic rings. The summed E-state index contributed by atoms with van der Waals surface area (Å²) in [6.07, 6.45) is 9.85. The number of unbranched alkanes of at least 4 members (excludes halogenated alkanes) is 5. The zero-order chi connectivity index (χ0) is 10.1. The number of hydrogen-bond acceptors (Lipinski definition) is 2. The van der Waals surface area contributed by atoms with Gasteiger partial charge < -0.3 is 10.6 Å². The van der Waals surface area contributed by atoms with Crippen molar-refractivity contribution in [1.29, 1.82) is 0 Å². The van der Waals surface area contributed by atoms with Crippen LogP contribution in [0.1, 0.15) is 51.9 Å². The summed E-state index contributed by atoms with van der Waals surface area (Å²) in [5, 5.41) is 6.99. The maximum absolute atomic E-state index is 3.56. The molecule has 0 aliphatic carbocycles. The topological polar surface area (TPSA) is 24.1 Å². The van der Waals surface area contributed by atoms with Crippen LogP contribution < -0.4 is 10.6 Å².